The molecule has 28 heavy (non-hydrogen) atoms. The lowest BCUT2D eigenvalue weighted by Gasteiger charge is -2.09. The smallest absolute Gasteiger partial charge is 0.274 e. The Morgan fingerprint density at radius 1 is 1.14 bits per heavy atom. The molecule has 9 heteroatoms. The zero-order valence-corrected chi connectivity index (χ0v) is 15.2. The lowest BCUT2D eigenvalue weighted by molar-refractivity contribution is 0.101. The summed E-state index contributed by atoms with van der Waals surface area (Å²) in [5, 5.41) is 11.4. The number of amides is 1. The molecule has 0 atom stereocenters. The molecule has 0 saturated carbocycles. The van der Waals surface area contributed by atoms with Crippen molar-refractivity contribution in [3.05, 3.63) is 65.6 Å². The summed E-state index contributed by atoms with van der Waals surface area (Å²) >= 11 is 0. The molecular formula is C19H13FN4O3S. The van der Waals surface area contributed by atoms with E-state index in [0.29, 0.717) is 16.8 Å². The highest BCUT2D eigenvalue weighted by molar-refractivity contribution is 7.91. The van der Waals surface area contributed by atoms with Gasteiger partial charge in [-0.2, -0.15) is 5.26 Å². The second-order valence-electron chi connectivity index (χ2n) is 6.21. The van der Waals surface area contributed by atoms with Gasteiger partial charge in [0.2, 0.25) is 15.0 Å². The molecule has 2 aromatic carbocycles. The number of anilines is 1. The average Bonchev–Trinajstić information content (AvgIpc) is 3.21. The first-order valence-electron chi connectivity index (χ1n) is 8.30. The van der Waals surface area contributed by atoms with E-state index in [1.54, 1.807) is 24.3 Å². The number of hydrogen-bond donors (Lipinski definition) is 1. The summed E-state index contributed by atoms with van der Waals surface area (Å²) in [4.78, 5) is 17.1. The maximum Gasteiger partial charge on any atom is 0.274 e. The molecule has 0 saturated heterocycles. The minimum atomic E-state index is -3.58. The lowest BCUT2D eigenvalue weighted by Crippen LogP contribution is -2.17. The van der Waals surface area contributed by atoms with E-state index in [4.69, 9.17) is 5.26 Å². The molecule has 1 aliphatic heterocycles. The fourth-order valence-electron chi connectivity index (χ4n) is 3.04. The van der Waals surface area contributed by atoms with Gasteiger partial charge in [-0.25, -0.2) is 17.8 Å². The van der Waals surface area contributed by atoms with E-state index in [1.165, 1.54) is 28.8 Å². The third-order valence-corrected chi connectivity index (χ3v) is 5.99. The number of sulfone groups is 1. The van der Waals surface area contributed by atoms with Gasteiger partial charge in [0, 0.05) is 17.8 Å². The average molecular weight is 396 g/mol. The van der Waals surface area contributed by atoms with Crippen LogP contribution in [0.15, 0.2) is 53.7 Å². The van der Waals surface area contributed by atoms with Crippen molar-refractivity contribution in [2.75, 3.05) is 11.1 Å². The first-order valence-corrected chi connectivity index (χ1v) is 9.95. The van der Waals surface area contributed by atoms with Gasteiger partial charge in [0.25, 0.3) is 5.91 Å². The Hall–Kier alpha value is -3.51. The van der Waals surface area contributed by atoms with Gasteiger partial charge in [-0.15, -0.1) is 0 Å². The standard InChI is InChI=1S/C19H13FN4O3S/c20-14-5-3-13(4-6-14)16-17(24-9-10-28(26,27)19(24)23-16)18(25)22-15-7-1-12(11-21)2-8-15/h1-8H,9-10H2,(H,22,25). The molecule has 0 fully saturated rings. The molecule has 1 aliphatic rings. The Balaban J connectivity index is 1.79. The molecule has 0 spiro atoms. The second-order valence-corrected chi connectivity index (χ2v) is 8.22. The summed E-state index contributed by atoms with van der Waals surface area (Å²) in [6.07, 6.45) is 0. The summed E-state index contributed by atoms with van der Waals surface area (Å²) in [6.45, 7) is 0.113. The third kappa shape index (κ3) is 3.04. The first-order chi connectivity index (χ1) is 13.4. The first kappa shape index (κ1) is 17.9. The highest BCUT2D eigenvalue weighted by atomic mass is 32.2. The van der Waals surface area contributed by atoms with E-state index >= 15 is 0 Å². The summed E-state index contributed by atoms with van der Waals surface area (Å²) in [7, 11) is -3.58. The van der Waals surface area contributed by atoms with Crippen molar-refractivity contribution in [1.29, 1.82) is 5.26 Å². The number of carbonyl (C=O) groups is 1. The van der Waals surface area contributed by atoms with Crippen molar-refractivity contribution >= 4 is 21.4 Å². The maximum atomic E-state index is 13.3. The molecule has 4 rings (SSSR count). The minimum absolute atomic E-state index is 0.0899. The molecule has 1 amide bonds. The van der Waals surface area contributed by atoms with E-state index < -0.39 is 21.6 Å². The molecule has 1 N–H and O–H groups in total. The van der Waals surface area contributed by atoms with E-state index in [-0.39, 0.29) is 28.8 Å². The van der Waals surface area contributed by atoms with Crippen LogP contribution in [0, 0.1) is 17.1 Å². The Bertz CT molecular complexity index is 1220. The Kier molecular flexibility index (Phi) is 4.20. The quantitative estimate of drug-likeness (QED) is 0.733. The van der Waals surface area contributed by atoms with Gasteiger partial charge in [0.15, 0.2) is 0 Å². The molecule has 140 valence electrons. The number of carbonyl (C=O) groups excluding carboxylic acids is 1. The van der Waals surface area contributed by atoms with E-state index in [2.05, 4.69) is 10.3 Å². The highest BCUT2D eigenvalue weighted by Crippen LogP contribution is 2.31. The van der Waals surface area contributed by atoms with Crippen molar-refractivity contribution in [3.63, 3.8) is 0 Å². The van der Waals surface area contributed by atoms with Crippen molar-refractivity contribution < 1.29 is 17.6 Å². The molecule has 2 heterocycles. The van der Waals surface area contributed by atoms with Gasteiger partial charge >= 0.3 is 0 Å². The van der Waals surface area contributed by atoms with Crippen LogP contribution in [0.3, 0.4) is 0 Å². The number of rotatable bonds is 3. The summed E-state index contributed by atoms with van der Waals surface area (Å²) in [5.41, 5.74) is 1.59. The van der Waals surface area contributed by atoms with Crippen LogP contribution in [-0.4, -0.2) is 29.6 Å². The van der Waals surface area contributed by atoms with Gasteiger partial charge in [0.05, 0.1) is 17.4 Å². The van der Waals surface area contributed by atoms with E-state index in [9.17, 15) is 17.6 Å². The summed E-state index contributed by atoms with van der Waals surface area (Å²) in [5.74, 6) is -1.12. The van der Waals surface area contributed by atoms with Crippen LogP contribution in [-0.2, 0) is 16.4 Å². The topological polar surface area (TPSA) is 105 Å². The van der Waals surface area contributed by atoms with Crippen LogP contribution in [0.1, 0.15) is 16.1 Å². The van der Waals surface area contributed by atoms with Crippen LogP contribution in [0.25, 0.3) is 11.3 Å². The van der Waals surface area contributed by atoms with Crippen molar-refractivity contribution in [1.82, 2.24) is 9.55 Å². The normalized spacial score (nSPS) is 14.3. The Morgan fingerprint density at radius 3 is 2.46 bits per heavy atom. The van der Waals surface area contributed by atoms with Crippen molar-refractivity contribution in [2.24, 2.45) is 0 Å². The van der Waals surface area contributed by atoms with Gasteiger partial charge in [-0.3, -0.25) is 4.79 Å². The predicted molar refractivity (Wildman–Crippen MR) is 98.8 cm³/mol. The zero-order chi connectivity index (χ0) is 19.9. The molecule has 7 nitrogen and oxygen atoms in total. The number of hydrogen-bond acceptors (Lipinski definition) is 5. The second kappa shape index (κ2) is 6.58. The monoisotopic (exact) mass is 396 g/mol. The fourth-order valence-corrected chi connectivity index (χ4v) is 4.39. The van der Waals surface area contributed by atoms with Gasteiger partial charge in [0.1, 0.15) is 17.2 Å². The van der Waals surface area contributed by atoms with Crippen LogP contribution in [0.2, 0.25) is 0 Å². The van der Waals surface area contributed by atoms with Crippen molar-refractivity contribution in [3.8, 4) is 17.3 Å². The maximum absolute atomic E-state index is 13.3. The minimum Gasteiger partial charge on any atom is -0.321 e. The molecule has 3 aromatic rings. The number of imidazole rings is 1. The third-order valence-electron chi connectivity index (χ3n) is 4.40. The number of fused-ring (bicyclic) bond motifs is 1. The zero-order valence-electron chi connectivity index (χ0n) is 14.4. The van der Waals surface area contributed by atoms with Crippen LogP contribution < -0.4 is 5.32 Å². The molecule has 1 aromatic heterocycles. The Morgan fingerprint density at radius 2 is 1.82 bits per heavy atom. The SMILES string of the molecule is N#Cc1ccc(NC(=O)c2c(-c3ccc(F)cc3)nc3n2CCS3(=O)=O)cc1. The van der Waals surface area contributed by atoms with E-state index in [1.807, 2.05) is 6.07 Å². The highest BCUT2D eigenvalue weighted by Gasteiger charge is 2.35. The van der Waals surface area contributed by atoms with Gasteiger partial charge < -0.3 is 9.88 Å². The summed E-state index contributed by atoms with van der Waals surface area (Å²) < 4.78 is 39.1. The number of nitrogens with one attached hydrogen (secondary N) is 1. The lowest BCUT2D eigenvalue weighted by atomic mass is 10.1. The van der Waals surface area contributed by atoms with Crippen molar-refractivity contribution in [2.45, 2.75) is 11.7 Å². The van der Waals surface area contributed by atoms with Crippen LogP contribution >= 0.6 is 0 Å². The van der Waals surface area contributed by atoms with Gasteiger partial charge in [-0.1, -0.05) is 0 Å². The van der Waals surface area contributed by atoms with Crippen LogP contribution in [0.4, 0.5) is 10.1 Å². The largest absolute Gasteiger partial charge is 0.321 e. The number of nitriles is 1. The number of halogens is 1. The molecular weight excluding hydrogens is 383 g/mol. The molecule has 0 radical (unpaired) electrons. The van der Waals surface area contributed by atoms with Crippen LogP contribution in [0.5, 0.6) is 0 Å². The van der Waals surface area contributed by atoms with Gasteiger partial charge in [-0.05, 0) is 48.5 Å². The number of aromatic nitrogens is 2. The van der Waals surface area contributed by atoms with E-state index in [0.717, 1.165) is 0 Å². The fraction of sp³-hybridized carbons (Fsp3) is 0.105. The molecule has 0 bridgehead atoms. The Labute approximate surface area is 160 Å². The molecule has 0 unspecified atom stereocenters. The predicted octanol–water partition coefficient (Wildman–Crippen LogP) is 2.60. The number of benzene rings is 2. The summed E-state index contributed by atoms with van der Waals surface area (Å²) in [6, 6.07) is 13.6. The molecule has 0 aliphatic carbocycles. The number of nitrogens with zero attached hydrogens (tertiary/aromatic N) is 3.